The van der Waals surface area contributed by atoms with Gasteiger partial charge in [-0.3, -0.25) is 14.5 Å². The minimum absolute atomic E-state index is 0.173. The van der Waals surface area contributed by atoms with Gasteiger partial charge in [0.05, 0.1) is 30.2 Å². The van der Waals surface area contributed by atoms with Gasteiger partial charge in [0.15, 0.2) is 0 Å². The number of anilines is 3. The van der Waals surface area contributed by atoms with Crippen molar-refractivity contribution in [3.05, 3.63) is 131 Å². The van der Waals surface area contributed by atoms with Crippen LogP contribution in [0.1, 0.15) is 43.7 Å². The molecule has 6 rings (SSSR count). The van der Waals surface area contributed by atoms with Gasteiger partial charge in [-0.05, 0) is 90.9 Å². The smallest absolute Gasteiger partial charge is 0.238 e. The zero-order valence-corrected chi connectivity index (χ0v) is 26.4. The summed E-state index contributed by atoms with van der Waals surface area (Å²) in [7, 11) is 0. The van der Waals surface area contributed by atoms with Crippen LogP contribution < -0.4 is 10.2 Å². The number of hydrogen-bond donors (Lipinski definition) is 4. The van der Waals surface area contributed by atoms with Crippen molar-refractivity contribution in [3.63, 3.8) is 0 Å². The predicted molar refractivity (Wildman–Crippen MR) is 186 cm³/mol. The highest BCUT2D eigenvalue weighted by atomic mass is 16.3. The molecule has 47 heavy (non-hydrogen) atoms. The lowest BCUT2D eigenvalue weighted by molar-refractivity contribution is -0.123. The van der Waals surface area contributed by atoms with E-state index in [1.54, 1.807) is 24.3 Å². The molecule has 1 aliphatic carbocycles. The van der Waals surface area contributed by atoms with Crippen molar-refractivity contribution >= 4 is 40.5 Å². The molecular formula is C40H40N2O5. The Kier molecular flexibility index (Phi) is 9.66. The average Bonchev–Trinajstić information content (AvgIpc) is 3.36. The number of phenolic OH excluding ortho intramolecular Hbond substituents is 1. The van der Waals surface area contributed by atoms with Gasteiger partial charge < -0.3 is 20.6 Å². The Labute approximate surface area is 275 Å². The fourth-order valence-corrected chi connectivity index (χ4v) is 7.13. The topological polar surface area (TPSA) is 110 Å². The second-order valence-electron chi connectivity index (χ2n) is 12.2. The molecule has 0 aromatic heterocycles. The number of aliphatic hydroxyl groups excluding tert-OH is 2. The van der Waals surface area contributed by atoms with E-state index < -0.39 is 23.9 Å². The van der Waals surface area contributed by atoms with Crippen LogP contribution in [0.4, 0.5) is 17.1 Å². The summed E-state index contributed by atoms with van der Waals surface area (Å²) in [5.41, 5.74) is 6.46. The van der Waals surface area contributed by atoms with Crippen LogP contribution in [-0.2, 0) is 9.59 Å². The van der Waals surface area contributed by atoms with Gasteiger partial charge in [0, 0.05) is 22.9 Å². The summed E-state index contributed by atoms with van der Waals surface area (Å²) < 4.78 is 0. The summed E-state index contributed by atoms with van der Waals surface area (Å²) in [6.45, 7) is 1.64. The third-order valence-corrected chi connectivity index (χ3v) is 9.45. The molecule has 4 atom stereocenters. The first-order valence-electron chi connectivity index (χ1n) is 16.2. The predicted octanol–water partition coefficient (Wildman–Crippen LogP) is 7.34. The maximum Gasteiger partial charge on any atom is 0.238 e. The first kappa shape index (κ1) is 32.0. The van der Waals surface area contributed by atoms with Crippen LogP contribution in [0.15, 0.2) is 120 Å². The van der Waals surface area contributed by atoms with Gasteiger partial charge >= 0.3 is 0 Å². The first-order chi connectivity index (χ1) is 22.9. The summed E-state index contributed by atoms with van der Waals surface area (Å²) in [5, 5.41) is 36.2. The van der Waals surface area contributed by atoms with Crippen LogP contribution in [0, 0.1) is 17.8 Å². The Balaban J connectivity index is 1.23. The van der Waals surface area contributed by atoms with E-state index in [0.29, 0.717) is 42.5 Å². The van der Waals surface area contributed by atoms with E-state index in [0.717, 1.165) is 28.1 Å². The fraction of sp³-hybridized carbons (Fsp3) is 0.250. The van der Waals surface area contributed by atoms with Crippen LogP contribution in [-0.4, -0.2) is 39.8 Å². The SMILES string of the molecule is CCC1=C([C@H](O)CC/C(=C/c2ccccc2O)c2ccccc2)[C@H](CO)[C@@H]2C(=O)N(c3ccc(Nc4ccccc4)cc3)C(=O)[C@@H]2C1. The number of benzene rings is 4. The van der Waals surface area contributed by atoms with Gasteiger partial charge in [-0.25, -0.2) is 0 Å². The molecular weight excluding hydrogens is 588 g/mol. The van der Waals surface area contributed by atoms with Crippen LogP contribution in [0.25, 0.3) is 11.6 Å². The standard InChI is InChI=1S/C40H40N2O5/c1-2-26-24-33-38(40(47)42(39(33)46)32-20-18-31(19-21-32)41-30-14-7-4-8-15-30)34(25-43)37(26)36(45)22-17-28(27-11-5-3-6-12-27)23-29-13-9-10-16-35(29)44/h3-16,18-21,23,33-34,36,38,41,43-45H,2,17,22,24-25H2,1H3/b28-23-/t33-,34+,36-,38-/m1/s1. The Hall–Kier alpha value is -4.98. The van der Waals surface area contributed by atoms with Crippen LogP contribution >= 0.6 is 0 Å². The molecule has 0 unspecified atom stereocenters. The van der Waals surface area contributed by atoms with Gasteiger partial charge in [-0.15, -0.1) is 0 Å². The van der Waals surface area contributed by atoms with Crippen molar-refractivity contribution < 1.29 is 24.9 Å². The number of aliphatic hydroxyl groups is 2. The summed E-state index contributed by atoms with van der Waals surface area (Å²) in [5.74, 6) is -2.44. The molecule has 1 heterocycles. The molecule has 4 N–H and O–H groups in total. The van der Waals surface area contributed by atoms with Crippen molar-refractivity contribution in [2.75, 3.05) is 16.8 Å². The molecule has 0 radical (unpaired) electrons. The fourth-order valence-electron chi connectivity index (χ4n) is 7.13. The van der Waals surface area contributed by atoms with Gasteiger partial charge in [0.2, 0.25) is 11.8 Å². The summed E-state index contributed by atoms with van der Waals surface area (Å²) >= 11 is 0. The number of allylic oxidation sites excluding steroid dienone is 2. The van der Waals surface area contributed by atoms with Crippen molar-refractivity contribution in [3.8, 4) is 5.75 Å². The lowest BCUT2D eigenvalue weighted by atomic mass is 9.67. The number of phenols is 1. The van der Waals surface area contributed by atoms with E-state index in [9.17, 15) is 24.9 Å². The zero-order valence-electron chi connectivity index (χ0n) is 26.4. The number of nitrogens with zero attached hydrogens (tertiary/aromatic N) is 1. The molecule has 2 amide bonds. The zero-order chi connectivity index (χ0) is 32.9. The molecule has 4 aromatic rings. The van der Waals surface area contributed by atoms with E-state index in [-0.39, 0.29) is 24.2 Å². The van der Waals surface area contributed by atoms with Crippen molar-refractivity contribution in [2.45, 2.75) is 38.7 Å². The quantitative estimate of drug-likeness (QED) is 0.0786. The summed E-state index contributed by atoms with van der Waals surface area (Å²) in [6, 6.07) is 33.9. The number of carbonyl (C=O) groups excluding carboxylic acids is 2. The highest BCUT2D eigenvalue weighted by molar-refractivity contribution is 6.22. The van der Waals surface area contributed by atoms with Gasteiger partial charge in [-0.2, -0.15) is 0 Å². The molecule has 0 spiro atoms. The number of para-hydroxylation sites is 2. The molecule has 1 saturated heterocycles. The van der Waals surface area contributed by atoms with Crippen LogP contribution in [0.3, 0.4) is 0 Å². The monoisotopic (exact) mass is 628 g/mol. The number of aromatic hydroxyl groups is 1. The van der Waals surface area contributed by atoms with Gasteiger partial charge in [0.25, 0.3) is 0 Å². The molecule has 0 bridgehead atoms. The number of fused-ring (bicyclic) bond motifs is 1. The van der Waals surface area contributed by atoms with Crippen molar-refractivity contribution in [1.82, 2.24) is 0 Å². The third-order valence-electron chi connectivity index (χ3n) is 9.45. The first-order valence-corrected chi connectivity index (χ1v) is 16.2. The number of nitrogens with one attached hydrogen (secondary N) is 1. The Morgan fingerprint density at radius 2 is 1.51 bits per heavy atom. The molecule has 2 aliphatic rings. The maximum atomic E-state index is 14.0. The van der Waals surface area contributed by atoms with E-state index in [2.05, 4.69) is 5.32 Å². The largest absolute Gasteiger partial charge is 0.507 e. The minimum Gasteiger partial charge on any atom is -0.507 e. The maximum absolute atomic E-state index is 14.0. The highest BCUT2D eigenvalue weighted by Gasteiger charge is 2.55. The van der Waals surface area contributed by atoms with Crippen LogP contribution in [0.5, 0.6) is 5.75 Å². The third kappa shape index (κ3) is 6.64. The Morgan fingerprint density at radius 3 is 2.17 bits per heavy atom. The second-order valence-corrected chi connectivity index (χ2v) is 12.2. The molecule has 1 aliphatic heterocycles. The van der Waals surface area contributed by atoms with E-state index in [1.165, 1.54) is 4.90 Å². The van der Waals surface area contributed by atoms with Crippen molar-refractivity contribution in [1.29, 1.82) is 0 Å². The van der Waals surface area contributed by atoms with Gasteiger partial charge in [0.1, 0.15) is 5.75 Å². The molecule has 4 aromatic carbocycles. The van der Waals surface area contributed by atoms with E-state index >= 15 is 0 Å². The summed E-state index contributed by atoms with van der Waals surface area (Å²) in [6.07, 6.45) is 2.84. The summed E-state index contributed by atoms with van der Waals surface area (Å²) in [4.78, 5) is 29.0. The molecule has 1 fully saturated rings. The lowest BCUT2D eigenvalue weighted by Gasteiger charge is -2.36. The Morgan fingerprint density at radius 1 is 0.872 bits per heavy atom. The average molecular weight is 629 g/mol. The molecule has 240 valence electrons. The lowest BCUT2D eigenvalue weighted by Crippen LogP contribution is -2.39. The van der Waals surface area contributed by atoms with E-state index in [1.807, 2.05) is 97.9 Å². The normalized spacial score (nSPS) is 20.4. The van der Waals surface area contributed by atoms with Crippen LogP contribution in [0.2, 0.25) is 0 Å². The van der Waals surface area contributed by atoms with E-state index in [4.69, 9.17) is 0 Å². The number of hydrogen-bond acceptors (Lipinski definition) is 6. The second kappa shape index (κ2) is 14.2. The number of carbonyl (C=O) groups is 2. The van der Waals surface area contributed by atoms with Gasteiger partial charge in [-0.1, -0.05) is 79.2 Å². The molecule has 0 saturated carbocycles. The number of amides is 2. The minimum atomic E-state index is -0.917. The Bertz CT molecular complexity index is 1780. The highest BCUT2D eigenvalue weighted by Crippen LogP contribution is 2.48. The molecule has 7 nitrogen and oxygen atoms in total. The number of rotatable bonds is 11. The van der Waals surface area contributed by atoms with Crippen molar-refractivity contribution in [2.24, 2.45) is 17.8 Å². The number of imide groups is 1. The molecule has 7 heteroatoms.